The quantitative estimate of drug-likeness (QED) is 0.558. The van der Waals surface area contributed by atoms with Crippen LogP contribution in [0, 0.1) is 11.3 Å². The molecule has 0 radical (unpaired) electrons. The van der Waals surface area contributed by atoms with Gasteiger partial charge in [-0.05, 0) is 62.1 Å². The second kappa shape index (κ2) is 10.1. The van der Waals surface area contributed by atoms with Crippen molar-refractivity contribution in [2.45, 2.75) is 39.9 Å². The normalized spacial score (nSPS) is 15.4. The molecule has 0 saturated heterocycles. The Hall–Kier alpha value is -2.94. The van der Waals surface area contributed by atoms with Crippen LogP contribution in [0.2, 0.25) is 0 Å². The predicted octanol–water partition coefficient (Wildman–Crippen LogP) is 4.44. The van der Waals surface area contributed by atoms with Crippen LogP contribution in [0.15, 0.2) is 36.4 Å². The van der Waals surface area contributed by atoms with Gasteiger partial charge in [0.1, 0.15) is 23.9 Å². The predicted molar refractivity (Wildman–Crippen MR) is 133 cm³/mol. The van der Waals surface area contributed by atoms with E-state index in [1.54, 1.807) is 41.3 Å². The fourth-order valence-electron chi connectivity index (χ4n) is 3.70. The number of carbonyl (C=O) groups is 1. The van der Waals surface area contributed by atoms with Crippen LogP contribution < -0.4 is 23.8 Å². The van der Waals surface area contributed by atoms with Crippen LogP contribution in [-0.4, -0.2) is 41.7 Å². The van der Waals surface area contributed by atoms with E-state index < -0.39 is 15.4 Å². The Bertz CT molecular complexity index is 1120. The van der Waals surface area contributed by atoms with Crippen LogP contribution in [0.25, 0.3) is 0 Å². The highest BCUT2D eigenvalue weighted by atomic mass is 32.2. The van der Waals surface area contributed by atoms with E-state index in [2.05, 4.69) is 18.6 Å². The number of rotatable bonds is 9. The molecule has 1 heterocycles. The lowest BCUT2D eigenvalue weighted by molar-refractivity contribution is -0.127. The van der Waals surface area contributed by atoms with Crippen molar-refractivity contribution in [1.82, 2.24) is 0 Å². The first kappa shape index (κ1) is 25.7. The van der Waals surface area contributed by atoms with Crippen LogP contribution in [0.3, 0.4) is 0 Å². The van der Waals surface area contributed by atoms with Crippen molar-refractivity contribution in [3.05, 3.63) is 42.0 Å². The third kappa shape index (κ3) is 6.14. The summed E-state index contributed by atoms with van der Waals surface area (Å²) in [6.45, 7) is 8.69. The molecular formula is C25H34N2O6S. The average molecular weight is 491 g/mol. The highest BCUT2D eigenvalue weighted by Gasteiger charge is 2.37. The van der Waals surface area contributed by atoms with E-state index in [9.17, 15) is 13.2 Å². The number of ether oxygens (including phenoxy) is 3. The number of fused-ring (bicyclic) bond motifs is 1. The Kier molecular flexibility index (Phi) is 7.65. The van der Waals surface area contributed by atoms with Crippen LogP contribution in [0.5, 0.6) is 17.2 Å². The summed E-state index contributed by atoms with van der Waals surface area (Å²) in [6.07, 6.45) is 0.814. The first-order chi connectivity index (χ1) is 15.9. The molecule has 0 aliphatic carbocycles. The molecule has 1 aliphatic rings. The average Bonchev–Trinajstić information content (AvgIpc) is 2.85. The fourth-order valence-corrected chi connectivity index (χ4v) is 4.87. The third-order valence-corrected chi connectivity index (χ3v) is 6.89. The number of amides is 1. The van der Waals surface area contributed by atoms with Gasteiger partial charge in [0.15, 0.2) is 0 Å². The molecule has 2 aromatic rings. The maximum absolute atomic E-state index is 13.3. The number of sulfonamides is 1. The van der Waals surface area contributed by atoms with E-state index in [4.69, 9.17) is 14.2 Å². The molecular weight excluding hydrogens is 456 g/mol. The fraction of sp³-hybridized carbons (Fsp3) is 0.480. The first-order valence-electron chi connectivity index (χ1n) is 11.3. The lowest BCUT2D eigenvalue weighted by Gasteiger charge is -2.28. The summed E-state index contributed by atoms with van der Waals surface area (Å²) < 4.78 is 45.0. The lowest BCUT2D eigenvalue weighted by atomic mass is 9.92. The van der Waals surface area contributed by atoms with Gasteiger partial charge in [-0.3, -0.25) is 9.52 Å². The molecule has 0 atom stereocenters. The van der Waals surface area contributed by atoms with Gasteiger partial charge in [-0.1, -0.05) is 13.8 Å². The van der Waals surface area contributed by atoms with Gasteiger partial charge in [-0.2, -0.15) is 0 Å². The van der Waals surface area contributed by atoms with E-state index in [1.165, 1.54) is 14.2 Å². The maximum Gasteiger partial charge on any atom is 0.236 e. The molecule has 2 aromatic carbocycles. The van der Waals surface area contributed by atoms with Crippen molar-refractivity contribution < 1.29 is 27.4 Å². The van der Waals surface area contributed by atoms with E-state index in [-0.39, 0.29) is 18.3 Å². The van der Waals surface area contributed by atoms with Crippen LogP contribution in [0.4, 0.5) is 11.4 Å². The number of benzene rings is 2. The van der Waals surface area contributed by atoms with Crippen LogP contribution in [-0.2, 0) is 20.6 Å². The third-order valence-electron chi connectivity index (χ3n) is 5.63. The summed E-state index contributed by atoms with van der Waals surface area (Å²) in [5.41, 5.74) is 0.761. The summed E-state index contributed by atoms with van der Waals surface area (Å²) in [5.74, 6) is 1.67. The van der Waals surface area contributed by atoms with Gasteiger partial charge in [0.05, 0.1) is 36.8 Å². The zero-order chi connectivity index (χ0) is 25.1. The molecule has 186 valence electrons. The summed E-state index contributed by atoms with van der Waals surface area (Å²) in [7, 11) is -0.737. The molecule has 1 N–H and O–H groups in total. The highest BCUT2D eigenvalue weighted by molar-refractivity contribution is 7.91. The topological polar surface area (TPSA) is 94.2 Å². The van der Waals surface area contributed by atoms with Crippen molar-refractivity contribution in [1.29, 1.82) is 0 Å². The van der Waals surface area contributed by atoms with Gasteiger partial charge < -0.3 is 19.1 Å². The molecule has 8 nitrogen and oxygen atoms in total. The Balaban J connectivity index is 1.89. The Labute approximate surface area is 202 Å². The second-order valence-corrected chi connectivity index (χ2v) is 11.3. The summed E-state index contributed by atoms with van der Waals surface area (Å²) in [5, 5.41) is 0. The van der Waals surface area contributed by atoms with Gasteiger partial charge in [0, 0.05) is 12.6 Å². The van der Waals surface area contributed by atoms with E-state index in [0.29, 0.717) is 46.6 Å². The lowest BCUT2D eigenvalue weighted by Crippen LogP contribution is -2.42. The SMILES string of the molecule is COc1cc(CS(=O)(=O)Nc2ccc3c(c2)N(CCC(C)C)C(=O)C(C)(C)CO3)cc(OC)c1. The molecule has 0 unspecified atom stereocenters. The second-order valence-electron chi connectivity index (χ2n) is 9.58. The molecule has 34 heavy (non-hydrogen) atoms. The Morgan fingerprint density at radius 2 is 1.74 bits per heavy atom. The molecule has 0 fully saturated rings. The Morgan fingerprint density at radius 3 is 2.32 bits per heavy atom. The molecule has 1 aliphatic heterocycles. The number of nitrogens with zero attached hydrogens (tertiary/aromatic N) is 1. The molecule has 0 bridgehead atoms. The summed E-state index contributed by atoms with van der Waals surface area (Å²) >= 11 is 0. The van der Waals surface area contributed by atoms with Crippen molar-refractivity contribution in [2.24, 2.45) is 11.3 Å². The monoisotopic (exact) mass is 490 g/mol. The number of nitrogens with one attached hydrogen (secondary N) is 1. The van der Waals surface area contributed by atoms with Crippen LogP contribution >= 0.6 is 0 Å². The number of methoxy groups -OCH3 is 2. The van der Waals surface area contributed by atoms with E-state index in [1.807, 2.05) is 13.8 Å². The smallest absolute Gasteiger partial charge is 0.236 e. The van der Waals surface area contributed by atoms with Crippen molar-refractivity contribution in [3.63, 3.8) is 0 Å². The minimum absolute atomic E-state index is 0.0459. The number of carbonyl (C=O) groups excluding carboxylic acids is 1. The van der Waals surface area contributed by atoms with Crippen molar-refractivity contribution in [3.8, 4) is 17.2 Å². The minimum Gasteiger partial charge on any atom is -0.497 e. The standard InChI is InChI=1S/C25H34N2O6S/c1-17(2)9-10-27-22-13-19(7-8-23(22)33-16-25(3,4)24(27)28)26-34(29,30)15-18-11-20(31-5)14-21(12-18)32-6/h7-8,11-14,17,26H,9-10,15-16H2,1-6H3. The zero-order valence-electron chi connectivity index (χ0n) is 20.7. The summed E-state index contributed by atoms with van der Waals surface area (Å²) in [6, 6.07) is 10.0. The Morgan fingerprint density at radius 1 is 1.09 bits per heavy atom. The van der Waals surface area contributed by atoms with Crippen LogP contribution in [0.1, 0.15) is 39.7 Å². The first-order valence-corrected chi connectivity index (χ1v) is 12.9. The van der Waals surface area contributed by atoms with Gasteiger partial charge in [0.2, 0.25) is 15.9 Å². The molecule has 9 heteroatoms. The van der Waals surface area contributed by atoms with E-state index >= 15 is 0 Å². The van der Waals surface area contributed by atoms with Gasteiger partial charge in [-0.15, -0.1) is 0 Å². The summed E-state index contributed by atoms with van der Waals surface area (Å²) in [4.78, 5) is 15.0. The largest absolute Gasteiger partial charge is 0.497 e. The van der Waals surface area contributed by atoms with Gasteiger partial charge in [0.25, 0.3) is 0 Å². The van der Waals surface area contributed by atoms with Crippen molar-refractivity contribution in [2.75, 3.05) is 37.0 Å². The highest BCUT2D eigenvalue weighted by Crippen LogP contribution is 2.39. The molecule has 3 rings (SSSR count). The number of hydrogen-bond donors (Lipinski definition) is 1. The molecule has 0 spiro atoms. The van der Waals surface area contributed by atoms with Gasteiger partial charge in [-0.25, -0.2) is 8.42 Å². The number of hydrogen-bond acceptors (Lipinski definition) is 6. The maximum atomic E-state index is 13.3. The minimum atomic E-state index is -3.76. The molecule has 1 amide bonds. The van der Waals surface area contributed by atoms with Crippen molar-refractivity contribution >= 4 is 27.3 Å². The number of anilines is 2. The molecule has 0 saturated carbocycles. The van der Waals surface area contributed by atoms with E-state index in [0.717, 1.165) is 6.42 Å². The molecule has 0 aromatic heterocycles. The van der Waals surface area contributed by atoms with Gasteiger partial charge >= 0.3 is 0 Å². The zero-order valence-corrected chi connectivity index (χ0v) is 21.5.